The summed E-state index contributed by atoms with van der Waals surface area (Å²) in [4.78, 5) is 2.70. The van der Waals surface area contributed by atoms with Crippen molar-refractivity contribution in [3.05, 3.63) is 60.8 Å². The van der Waals surface area contributed by atoms with E-state index in [9.17, 15) is 0 Å². The lowest BCUT2D eigenvalue weighted by atomic mass is 9.83. The number of hydrogen-bond donors (Lipinski definition) is 0. The molecule has 0 aromatic heterocycles. The largest absolute Gasteiger partial charge is 0.303 e. The molecule has 1 heteroatoms. The van der Waals surface area contributed by atoms with E-state index < -0.39 is 0 Å². The second-order valence-electron chi connectivity index (χ2n) is 9.81. The summed E-state index contributed by atoms with van der Waals surface area (Å²) in [6, 6.07) is 0. The van der Waals surface area contributed by atoms with E-state index in [0.717, 1.165) is 18.3 Å². The number of hydrogen-bond acceptors (Lipinski definition) is 1. The highest BCUT2D eigenvalue weighted by molar-refractivity contribution is 5.33. The van der Waals surface area contributed by atoms with Crippen molar-refractivity contribution in [3.8, 4) is 12.8 Å². The molecule has 1 nitrogen and oxygen atoms in total. The van der Waals surface area contributed by atoms with E-state index in [1.165, 1.54) is 89.4 Å². The second-order valence-corrected chi connectivity index (χ2v) is 9.81. The van der Waals surface area contributed by atoms with Gasteiger partial charge in [0.25, 0.3) is 0 Å². The molecule has 38 heavy (non-hydrogen) atoms. The standard InChI is InChI=1S/C23H37N.C8H18.C2H6.C2H4.C2H2/c1-4-7-11-21(6-3)23(22-12-9-8-10-13-22)16-19-24-17-14-20(5-2)15-18-24;1-4-7-8(5-2)6-3;3*1-2/h6-9,11-12,20,23H,4-5,10,13-19H2,1-3H3;8H,4-7H2,1-3H3;1-2H3;1-2H2;1-2H/b11-7-,21-6+;;;;. The van der Waals surface area contributed by atoms with E-state index in [1.54, 1.807) is 5.57 Å². The summed E-state index contributed by atoms with van der Waals surface area (Å²) in [5.41, 5.74) is 3.15. The van der Waals surface area contributed by atoms with Crippen molar-refractivity contribution in [3.63, 3.8) is 0 Å². The molecule has 220 valence electrons. The van der Waals surface area contributed by atoms with Gasteiger partial charge in [0.1, 0.15) is 0 Å². The number of terminal acetylenes is 1. The molecular formula is C37H67N. The second kappa shape index (κ2) is 31.4. The van der Waals surface area contributed by atoms with Crippen molar-refractivity contribution in [1.29, 1.82) is 0 Å². The normalized spacial score (nSPS) is 16.5. The fourth-order valence-electron chi connectivity index (χ4n) is 5.18. The minimum absolute atomic E-state index is 0.603. The smallest absolute Gasteiger partial charge is 0.00601 e. The van der Waals surface area contributed by atoms with E-state index >= 15 is 0 Å². The molecule has 1 heterocycles. The van der Waals surface area contributed by atoms with E-state index in [0.29, 0.717) is 5.92 Å². The summed E-state index contributed by atoms with van der Waals surface area (Å²) in [7, 11) is 0. The molecule has 0 N–H and O–H groups in total. The summed E-state index contributed by atoms with van der Waals surface area (Å²) in [6.07, 6.45) is 36.4. The van der Waals surface area contributed by atoms with Gasteiger partial charge >= 0.3 is 0 Å². The van der Waals surface area contributed by atoms with Gasteiger partial charge in [0, 0.05) is 5.92 Å². The van der Waals surface area contributed by atoms with Gasteiger partial charge in [-0.25, -0.2) is 0 Å². The molecule has 1 saturated heterocycles. The van der Waals surface area contributed by atoms with Gasteiger partial charge in [-0.2, -0.15) is 0 Å². The molecule has 2 aliphatic rings. The lowest BCUT2D eigenvalue weighted by Gasteiger charge is -2.33. The first-order chi connectivity index (χ1) is 18.6. The van der Waals surface area contributed by atoms with Gasteiger partial charge < -0.3 is 4.90 Å². The van der Waals surface area contributed by atoms with Crippen molar-refractivity contribution < 1.29 is 0 Å². The minimum atomic E-state index is 0.603. The molecule has 0 amide bonds. The number of likely N-dealkylation sites (tertiary alicyclic amines) is 1. The maximum Gasteiger partial charge on any atom is 0.00601 e. The van der Waals surface area contributed by atoms with E-state index in [-0.39, 0.29) is 0 Å². The van der Waals surface area contributed by atoms with Crippen molar-refractivity contribution >= 4 is 0 Å². The van der Waals surface area contributed by atoms with Crippen LogP contribution in [0.5, 0.6) is 0 Å². The Morgan fingerprint density at radius 3 is 2.03 bits per heavy atom. The fraction of sp³-hybridized carbons (Fsp3) is 0.676. The van der Waals surface area contributed by atoms with Crippen molar-refractivity contribution in [2.45, 2.75) is 126 Å². The lowest BCUT2D eigenvalue weighted by Crippen LogP contribution is -2.35. The molecule has 2 rings (SSSR count). The Balaban J connectivity index is -0.000000736. The van der Waals surface area contributed by atoms with Crippen LogP contribution in [0.4, 0.5) is 0 Å². The molecule has 0 bridgehead atoms. The SMILES string of the molecule is C#C.C/C=C(\C=C/CC)C(CCN1CCC(CC)CC1)C1=CC=CCC1.C=C.CC.CCCC(CC)CC. The molecular weight excluding hydrogens is 458 g/mol. The first-order valence-electron chi connectivity index (χ1n) is 15.9. The molecule has 1 atom stereocenters. The number of rotatable bonds is 12. The quantitative estimate of drug-likeness (QED) is 0.139. The van der Waals surface area contributed by atoms with Crippen LogP contribution in [-0.2, 0) is 0 Å². The van der Waals surface area contributed by atoms with Gasteiger partial charge in [-0.05, 0) is 82.5 Å². The topological polar surface area (TPSA) is 3.24 Å². The van der Waals surface area contributed by atoms with Crippen LogP contribution in [0.15, 0.2) is 60.8 Å². The maximum absolute atomic E-state index is 4.00. The highest BCUT2D eigenvalue weighted by Crippen LogP contribution is 2.31. The molecule has 0 aromatic rings. The third-order valence-electron chi connectivity index (χ3n) is 7.65. The zero-order chi connectivity index (χ0) is 29.6. The summed E-state index contributed by atoms with van der Waals surface area (Å²) in [5, 5.41) is 0. The summed E-state index contributed by atoms with van der Waals surface area (Å²) in [6.45, 7) is 27.5. The van der Waals surface area contributed by atoms with Crippen LogP contribution in [0.3, 0.4) is 0 Å². The van der Waals surface area contributed by atoms with Crippen LogP contribution < -0.4 is 0 Å². The fourth-order valence-corrected chi connectivity index (χ4v) is 5.18. The molecule has 1 aliphatic heterocycles. The van der Waals surface area contributed by atoms with Crippen molar-refractivity contribution in [2.24, 2.45) is 17.8 Å². The lowest BCUT2D eigenvalue weighted by molar-refractivity contribution is 0.176. The Morgan fingerprint density at radius 1 is 1.03 bits per heavy atom. The third-order valence-corrected chi connectivity index (χ3v) is 7.65. The van der Waals surface area contributed by atoms with Crippen LogP contribution in [0, 0.1) is 30.6 Å². The van der Waals surface area contributed by atoms with Crippen molar-refractivity contribution in [1.82, 2.24) is 4.90 Å². The molecule has 1 aliphatic carbocycles. The van der Waals surface area contributed by atoms with E-state index in [1.807, 2.05) is 13.8 Å². The number of nitrogens with zero attached hydrogens (tertiary/aromatic N) is 1. The highest BCUT2D eigenvalue weighted by Gasteiger charge is 2.22. The van der Waals surface area contributed by atoms with Gasteiger partial charge in [0.15, 0.2) is 0 Å². The third kappa shape index (κ3) is 19.3. The molecule has 0 radical (unpaired) electrons. The Bertz CT molecular complexity index is 620. The predicted molar refractivity (Wildman–Crippen MR) is 179 cm³/mol. The highest BCUT2D eigenvalue weighted by atomic mass is 15.1. The van der Waals surface area contributed by atoms with Gasteiger partial charge in [0.2, 0.25) is 0 Å². The summed E-state index contributed by atoms with van der Waals surface area (Å²) in [5.74, 6) is 2.58. The molecule has 0 spiro atoms. The average molecular weight is 526 g/mol. The van der Waals surface area contributed by atoms with Gasteiger partial charge in [-0.3, -0.25) is 0 Å². The van der Waals surface area contributed by atoms with E-state index in [2.05, 4.69) is 109 Å². The maximum atomic E-state index is 4.00. The number of piperidine rings is 1. The van der Waals surface area contributed by atoms with Gasteiger partial charge in [-0.1, -0.05) is 123 Å². The first-order valence-corrected chi connectivity index (χ1v) is 15.9. The van der Waals surface area contributed by atoms with Gasteiger partial charge in [-0.15, -0.1) is 26.0 Å². The monoisotopic (exact) mass is 526 g/mol. The van der Waals surface area contributed by atoms with Crippen LogP contribution in [0.2, 0.25) is 0 Å². The Kier molecular flexibility index (Phi) is 33.7. The van der Waals surface area contributed by atoms with Crippen LogP contribution in [-0.4, -0.2) is 24.5 Å². The summed E-state index contributed by atoms with van der Waals surface area (Å²) < 4.78 is 0. The van der Waals surface area contributed by atoms with Crippen LogP contribution in [0.25, 0.3) is 0 Å². The Morgan fingerprint density at radius 2 is 1.63 bits per heavy atom. The number of allylic oxidation sites excluding steroid dienone is 8. The van der Waals surface area contributed by atoms with Crippen LogP contribution >= 0.6 is 0 Å². The van der Waals surface area contributed by atoms with E-state index in [4.69, 9.17) is 0 Å². The molecule has 1 unspecified atom stereocenters. The molecule has 1 fully saturated rings. The predicted octanol–water partition coefficient (Wildman–Crippen LogP) is 11.6. The summed E-state index contributed by atoms with van der Waals surface area (Å²) >= 11 is 0. The average Bonchev–Trinajstić information content (AvgIpc) is 3.01. The van der Waals surface area contributed by atoms with Crippen molar-refractivity contribution in [2.75, 3.05) is 19.6 Å². The Labute approximate surface area is 241 Å². The Hall–Kier alpha value is -1.78. The minimum Gasteiger partial charge on any atom is -0.303 e. The zero-order valence-corrected chi connectivity index (χ0v) is 27.1. The molecule has 0 saturated carbocycles. The zero-order valence-electron chi connectivity index (χ0n) is 27.1. The molecule has 0 aromatic carbocycles. The van der Waals surface area contributed by atoms with Crippen LogP contribution in [0.1, 0.15) is 126 Å². The first kappa shape index (κ1) is 40.7. The van der Waals surface area contributed by atoms with Gasteiger partial charge in [0.05, 0.1) is 0 Å².